The van der Waals surface area contributed by atoms with E-state index in [-0.39, 0.29) is 5.91 Å². The first-order valence-electron chi connectivity index (χ1n) is 9.57. The minimum absolute atomic E-state index is 0.0548. The lowest BCUT2D eigenvalue weighted by Gasteiger charge is -2.30. The topological polar surface area (TPSA) is 73.1 Å². The first-order valence-corrected chi connectivity index (χ1v) is 10.5. The fraction of sp³-hybridized carbons (Fsp3) is 0.333. The van der Waals surface area contributed by atoms with Gasteiger partial charge in [0.05, 0.1) is 18.9 Å². The molecule has 1 aromatic heterocycles. The van der Waals surface area contributed by atoms with Gasteiger partial charge in [0, 0.05) is 13.1 Å². The molecule has 0 N–H and O–H groups in total. The molecule has 29 heavy (non-hydrogen) atoms. The summed E-state index contributed by atoms with van der Waals surface area (Å²) in [7, 11) is 0. The van der Waals surface area contributed by atoms with Gasteiger partial charge in [0.2, 0.25) is 11.1 Å². The van der Waals surface area contributed by atoms with Gasteiger partial charge >= 0.3 is 0 Å². The number of carbonyl (C=O) groups is 1. The fourth-order valence-electron chi connectivity index (χ4n) is 3.22. The van der Waals surface area contributed by atoms with Gasteiger partial charge in [-0.2, -0.15) is 4.68 Å². The Morgan fingerprint density at radius 3 is 2.55 bits per heavy atom. The summed E-state index contributed by atoms with van der Waals surface area (Å²) >= 11 is 1.38. The van der Waals surface area contributed by atoms with E-state index < -0.39 is 5.25 Å². The molecule has 0 aliphatic carbocycles. The zero-order chi connectivity index (χ0) is 20.2. The van der Waals surface area contributed by atoms with Crippen LogP contribution < -0.4 is 0 Å². The maximum atomic E-state index is 13.3. The molecule has 0 unspecified atom stereocenters. The molecule has 0 spiro atoms. The first kappa shape index (κ1) is 19.6. The number of aryl methyl sites for hydroxylation is 2. The van der Waals surface area contributed by atoms with E-state index in [4.69, 9.17) is 4.74 Å². The van der Waals surface area contributed by atoms with Crippen LogP contribution >= 0.6 is 11.8 Å². The van der Waals surface area contributed by atoms with Crippen molar-refractivity contribution in [2.24, 2.45) is 0 Å². The summed E-state index contributed by atoms with van der Waals surface area (Å²) in [5, 5.41) is 12.4. The van der Waals surface area contributed by atoms with Crippen LogP contribution in [-0.2, 0) is 9.53 Å². The van der Waals surface area contributed by atoms with Crippen LogP contribution in [0, 0.1) is 13.8 Å². The molecule has 0 radical (unpaired) electrons. The van der Waals surface area contributed by atoms with Crippen molar-refractivity contribution in [3.05, 3.63) is 65.2 Å². The van der Waals surface area contributed by atoms with Crippen LogP contribution in [0.2, 0.25) is 0 Å². The number of nitrogens with zero attached hydrogens (tertiary/aromatic N) is 5. The lowest BCUT2D eigenvalue weighted by Crippen LogP contribution is -2.42. The number of hydrogen-bond acceptors (Lipinski definition) is 6. The summed E-state index contributed by atoms with van der Waals surface area (Å²) < 4.78 is 7.10. The van der Waals surface area contributed by atoms with E-state index in [1.54, 1.807) is 4.68 Å². The molecule has 150 valence electrons. The molecule has 0 saturated carbocycles. The van der Waals surface area contributed by atoms with E-state index in [0.29, 0.717) is 31.5 Å². The number of rotatable bonds is 5. The minimum atomic E-state index is -0.425. The highest BCUT2D eigenvalue weighted by atomic mass is 32.2. The summed E-state index contributed by atoms with van der Waals surface area (Å²) in [4.78, 5) is 15.2. The van der Waals surface area contributed by atoms with Gasteiger partial charge in [-0.1, -0.05) is 48.2 Å². The Kier molecular flexibility index (Phi) is 5.92. The van der Waals surface area contributed by atoms with Crippen molar-refractivity contribution in [1.82, 2.24) is 25.1 Å². The number of morpholine rings is 1. The van der Waals surface area contributed by atoms with Gasteiger partial charge in [0.1, 0.15) is 5.25 Å². The fourth-order valence-corrected chi connectivity index (χ4v) is 4.29. The van der Waals surface area contributed by atoms with Crippen molar-refractivity contribution < 1.29 is 9.53 Å². The van der Waals surface area contributed by atoms with Crippen LogP contribution in [0.15, 0.2) is 53.7 Å². The molecule has 2 heterocycles. The van der Waals surface area contributed by atoms with Crippen molar-refractivity contribution in [2.75, 3.05) is 26.3 Å². The molecular formula is C21H23N5O2S. The third-order valence-electron chi connectivity index (χ3n) is 5.05. The molecule has 2 aromatic carbocycles. The van der Waals surface area contributed by atoms with E-state index in [9.17, 15) is 4.79 Å². The molecule has 1 saturated heterocycles. The number of hydrogen-bond donors (Lipinski definition) is 0. The summed E-state index contributed by atoms with van der Waals surface area (Å²) in [5.41, 5.74) is 4.19. The molecule has 3 aromatic rings. The highest BCUT2D eigenvalue weighted by Crippen LogP contribution is 2.36. The smallest absolute Gasteiger partial charge is 0.240 e. The molecule has 1 aliphatic rings. The van der Waals surface area contributed by atoms with Crippen LogP contribution in [0.4, 0.5) is 0 Å². The van der Waals surface area contributed by atoms with Crippen molar-refractivity contribution in [3.63, 3.8) is 0 Å². The number of thioether (sulfide) groups is 1. The highest BCUT2D eigenvalue weighted by Gasteiger charge is 2.30. The molecule has 7 nitrogen and oxygen atoms in total. The molecule has 1 atom stereocenters. The van der Waals surface area contributed by atoms with E-state index in [2.05, 4.69) is 35.4 Å². The second-order valence-electron chi connectivity index (χ2n) is 6.99. The van der Waals surface area contributed by atoms with Gasteiger partial charge in [0.25, 0.3) is 0 Å². The summed E-state index contributed by atoms with van der Waals surface area (Å²) in [5.74, 6) is 0.0548. The lowest BCUT2D eigenvalue weighted by atomic mass is 10.1. The van der Waals surface area contributed by atoms with Crippen LogP contribution in [0.1, 0.15) is 21.9 Å². The Bertz CT molecular complexity index is 986. The first-order chi connectivity index (χ1) is 14.1. The number of benzene rings is 2. The second-order valence-corrected chi connectivity index (χ2v) is 8.06. The zero-order valence-electron chi connectivity index (χ0n) is 16.5. The molecule has 1 aliphatic heterocycles. The average Bonchev–Trinajstić information content (AvgIpc) is 3.23. The van der Waals surface area contributed by atoms with Crippen LogP contribution in [0.25, 0.3) is 5.69 Å². The molecule has 8 heteroatoms. The van der Waals surface area contributed by atoms with E-state index in [0.717, 1.165) is 16.8 Å². The lowest BCUT2D eigenvalue weighted by molar-refractivity contribution is -0.134. The van der Waals surface area contributed by atoms with Crippen molar-refractivity contribution in [1.29, 1.82) is 0 Å². The molecule has 1 fully saturated rings. The van der Waals surface area contributed by atoms with Gasteiger partial charge < -0.3 is 9.64 Å². The van der Waals surface area contributed by atoms with Crippen molar-refractivity contribution in [3.8, 4) is 5.69 Å². The minimum Gasteiger partial charge on any atom is -0.378 e. The van der Waals surface area contributed by atoms with E-state index in [1.807, 2.05) is 47.4 Å². The van der Waals surface area contributed by atoms with Gasteiger partial charge in [-0.25, -0.2) is 0 Å². The Morgan fingerprint density at radius 2 is 1.83 bits per heavy atom. The maximum absolute atomic E-state index is 13.3. The highest BCUT2D eigenvalue weighted by molar-refractivity contribution is 8.00. The number of amides is 1. The third kappa shape index (κ3) is 4.33. The maximum Gasteiger partial charge on any atom is 0.240 e. The molecular weight excluding hydrogens is 386 g/mol. The number of aromatic nitrogens is 4. The largest absolute Gasteiger partial charge is 0.378 e. The second kappa shape index (κ2) is 8.75. The SMILES string of the molecule is Cc1ccc(-n2nnnc2S[C@H](C(=O)N2CCOCC2)c2ccccc2)cc1C. The predicted molar refractivity (Wildman–Crippen MR) is 111 cm³/mol. The Labute approximate surface area is 174 Å². The number of ether oxygens (including phenoxy) is 1. The zero-order valence-corrected chi connectivity index (χ0v) is 17.3. The van der Waals surface area contributed by atoms with E-state index in [1.165, 1.54) is 17.3 Å². The van der Waals surface area contributed by atoms with Crippen molar-refractivity contribution >= 4 is 17.7 Å². The standard InChI is InChI=1S/C21H23N5O2S/c1-15-8-9-18(14-16(15)2)26-21(22-23-24-26)29-19(17-6-4-3-5-7-17)20(27)25-10-12-28-13-11-25/h3-9,14,19H,10-13H2,1-2H3/t19-/m0/s1. The van der Waals surface area contributed by atoms with Crippen LogP contribution in [0.5, 0.6) is 0 Å². The molecule has 0 bridgehead atoms. The van der Waals surface area contributed by atoms with Gasteiger partial charge in [0.15, 0.2) is 0 Å². The summed E-state index contributed by atoms with van der Waals surface area (Å²) in [6.45, 7) is 6.47. The monoisotopic (exact) mass is 409 g/mol. The summed E-state index contributed by atoms with van der Waals surface area (Å²) in [6.07, 6.45) is 0. The van der Waals surface area contributed by atoms with Crippen LogP contribution in [0.3, 0.4) is 0 Å². The Hall–Kier alpha value is -2.71. The van der Waals surface area contributed by atoms with Gasteiger partial charge in [-0.3, -0.25) is 4.79 Å². The van der Waals surface area contributed by atoms with Gasteiger partial charge in [-0.05, 0) is 53.1 Å². The third-order valence-corrected chi connectivity index (χ3v) is 6.22. The molecule has 4 rings (SSSR count). The van der Waals surface area contributed by atoms with Crippen molar-refractivity contribution in [2.45, 2.75) is 24.3 Å². The molecule has 1 amide bonds. The Morgan fingerprint density at radius 1 is 1.07 bits per heavy atom. The van der Waals surface area contributed by atoms with E-state index >= 15 is 0 Å². The number of carbonyl (C=O) groups excluding carboxylic acids is 1. The predicted octanol–water partition coefficient (Wildman–Crippen LogP) is 2.97. The summed E-state index contributed by atoms with van der Waals surface area (Å²) in [6, 6.07) is 15.9. The average molecular weight is 410 g/mol. The number of tetrazole rings is 1. The van der Waals surface area contributed by atoms with Crippen LogP contribution in [-0.4, -0.2) is 57.3 Å². The quantitative estimate of drug-likeness (QED) is 0.603. The Balaban J connectivity index is 1.66. The van der Waals surface area contributed by atoms with Gasteiger partial charge in [-0.15, -0.1) is 5.10 Å². The normalized spacial score (nSPS) is 15.3.